The number of aliphatic hydroxyl groups excluding tert-OH is 3. The van der Waals surface area contributed by atoms with Crippen molar-refractivity contribution in [1.29, 1.82) is 0 Å². The molecule has 0 aliphatic rings. The molecule has 0 unspecified atom stereocenters. The van der Waals surface area contributed by atoms with E-state index in [0.717, 1.165) is 6.42 Å². The van der Waals surface area contributed by atoms with Gasteiger partial charge in [-0.3, -0.25) is 0 Å². The Labute approximate surface area is 126 Å². The molecule has 0 aromatic rings. The summed E-state index contributed by atoms with van der Waals surface area (Å²) in [4.78, 5) is 0. The van der Waals surface area contributed by atoms with Crippen molar-refractivity contribution in [1.82, 2.24) is 0 Å². The summed E-state index contributed by atoms with van der Waals surface area (Å²) in [6.45, 7) is 7.63. The highest BCUT2D eigenvalue weighted by Gasteiger charge is 1.91. The first-order valence-electron chi connectivity index (χ1n) is 8.14. The van der Waals surface area contributed by atoms with E-state index in [1.54, 1.807) is 6.08 Å². The van der Waals surface area contributed by atoms with Gasteiger partial charge >= 0.3 is 0 Å². The Kier molecular flexibility index (Phi) is 38.4. The summed E-state index contributed by atoms with van der Waals surface area (Å²) in [5.41, 5.74) is 0. The van der Waals surface area contributed by atoms with Crippen molar-refractivity contribution in [3.8, 4) is 0 Å². The molecular formula is C17H38O3. The molecule has 0 heterocycles. The molecule has 0 amide bonds. The Morgan fingerprint density at radius 1 is 0.650 bits per heavy atom. The van der Waals surface area contributed by atoms with Crippen LogP contribution in [0, 0.1) is 0 Å². The predicted molar refractivity (Wildman–Crippen MR) is 89.0 cm³/mol. The lowest BCUT2D eigenvalue weighted by Gasteiger charge is -2.00. The summed E-state index contributed by atoms with van der Waals surface area (Å²) in [5.74, 6) is 0. The molecule has 0 aromatic heterocycles. The van der Waals surface area contributed by atoms with Crippen LogP contribution in [0.1, 0.15) is 78.1 Å². The van der Waals surface area contributed by atoms with E-state index in [0.29, 0.717) is 6.61 Å². The van der Waals surface area contributed by atoms with Crippen molar-refractivity contribution < 1.29 is 15.3 Å². The number of rotatable bonds is 11. The van der Waals surface area contributed by atoms with Gasteiger partial charge in [-0.1, -0.05) is 70.8 Å². The van der Waals surface area contributed by atoms with Gasteiger partial charge in [0.25, 0.3) is 0 Å². The SMILES string of the molecule is C=CC.CCCCCCCCCCCCO.OCCO. The topological polar surface area (TPSA) is 60.7 Å². The summed E-state index contributed by atoms with van der Waals surface area (Å²) in [6.07, 6.45) is 15.1. The van der Waals surface area contributed by atoms with Gasteiger partial charge in [0.2, 0.25) is 0 Å². The third kappa shape index (κ3) is 43.2. The van der Waals surface area contributed by atoms with Gasteiger partial charge in [-0.2, -0.15) is 0 Å². The number of aliphatic hydroxyl groups is 3. The smallest absolute Gasteiger partial charge is 0.0662 e. The minimum atomic E-state index is -0.125. The van der Waals surface area contributed by atoms with E-state index in [-0.39, 0.29) is 13.2 Å². The molecule has 0 radical (unpaired) electrons. The summed E-state index contributed by atoms with van der Waals surface area (Å²) < 4.78 is 0. The van der Waals surface area contributed by atoms with Crippen LogP contribution in [-0.2, 0) is 0 Å². The standard InChI is InChI=1S/C12H26O.C3H6.C2H6O2/c1-2-3-4-5-6-7-8-9-10-11-12-13;1-3-2;3-1-2-4/h13H,2-12H2,1H3;3H,1H2,2H3;3-4H,1-2H2. The maximum Gasteiger partial charge on any atom is 0.0662 e. The first-order valence-corrected chi connectivity index (χ1v) is 8.14. The molecule has 124 valence electrons. The largest absolute Gasteiger partial charge is 0.396 e. The van der Waals surface area contributed by atoms with E-state index < -0.39 is 0 Å². The summed E-state index contributed by atoms with van der Waals surface area (Å²) in [6, 6.07) is 0. The van der Waals surface area contributed by atoms with Gasteiger partial charge in [0, 0.05) is 6.61 Å². The number of allylic oxidation sites excluding steroid dienone is 1. The summed E-state index contributed by atoms with van der Waals surface area (Å²) in [7, 11) is 0. The van der Waals surface area contributed by atoms with Gasteiger partial charge in [0.1, 0.15) is 0 Å². The zero-order valence-corrected chi connectivity index (χ0v) is 13.8. The van der Waals surface area contributed by atoms with Crippen LogP contribution in [0.4, 0.5) is 0 Å². The Morgan fingerprint density at radius 2 is 0.950 bits per heavy atom. The van der Waals surface area contributed by atoms with E-state index in [4.69, 9.17) is 15.3 Å². The first-order chi connectivity index (χ1) is 9.74. The average Bonchev–Trinajstić information content (AvgIpc) is 2.47. The molecule has 0 bridgehead atoms. The molecule has 3 N–H and O–H groups in total. The van der Waals surface area contributed by atoms with Gasteiger partial charge in [-0.15, -0.1) is 6.58 Å². The van der Waals surface area contributed by atoms with Crippen molar-refractivity contribution in [2.75, 3.05) is 19.8 Å². The average molecular weight is 290 g/mol. The molecule has 0 aliphatic carbocycles. The highest BCUT2D eigenvalue weighted by atomic mass is 16.3. The fourth-order valence-electron chi connectivity index (χ4n) is 1.60. The fourth-order valence-corrected chi connectivity index (χ4v) is 1.60. The van der Waals surface area contributed by atoms with E-state index >= 15 is 0 Å². The van der Waals surface area contributed by atoms with Crippen LogP contribution in [-0.4, -0.2) is 35.1 Å². The van der Waals surface area contributed by atoms with E-state index in [1.165, 1.54) is 57.8 Å². The van der Waals surface area contributed by atoms with Gasteiger partial charge in [0.15, 0.2) is 0 Å². The molecule has 0 aromatic carbocycles. The van der Waals surface area contributed by atoms with E-state index in [1.807, 2.05) is 6.92 Å². The Bertz CT molecular complexity index is 126. The highest BCUT2D eigenvalue weighted by molar-refractivity contribution is 4.51. The summed E-state index contributed by atoms with van der Waals surface area (Å²) in [5, 5.41) is 23.8. The number of hydrogen-bond donors (Lipinski definition) is 3. The van der Waals surface area contributed by atoms with Crippen LogP contribution in [0.2, 0.25) is 0 Å². The Balaban J connectivity index is -0.000000343. The van der Waals surface area contributed by atoms with Gasteiger partial charge in [-0.05, 0) is 13.3 Å². The highest BCUT2D eigenvalue weighted by Crippen LogP contribution is 2.09. The van der Waals surface area contributed by atoms with Crippen LogP contribution in [0.25, 0.3) is 0 Å². The molecule has 0 atom stereocenters. The minimum Gasteiger partial charge on any atom is -0.396 e. The van der Waals surface area contributed by atoms with Crippen LogP contribution in [0.15, 0.2) is 12.7 Å². The Hall–Kier alpha value is -0.380. The monoisotopic (exact) mass is 290 g/mol. The lowest BCUT2D eigenvalue weighted by atomic mass is 10.1. The molecule has 3 nitrogen and oxygen atoms in total. The lowest BCUT2D eigenvalue weighted by Crippen LogP contribution is -1.85. The zero-order chi connectivity index (χ0) is 15.9. The normalized spacial score (nSPS) is 9.05. The zero-order valence-electron chi connectivity index (χ0n) is 13.8. The maximum absolute atomic E-state index is 8.57. The lowest BCUT2D eigenvalue weighted by molar-refractivity contribution is 0.186. The quantitative estimate of drug-likeness (QED) is 0.397. The first kappa shape index (κ1) is 24.6. The fraction of sp³-hybridized carbons (Fsp3) is 0.882. The molecular weight excluding hydrogens is 252 g/mol. The molecule has 0 spiro atoms. The Morgan fingerprint density at radius 3 is 1.20 bits per heavy atom. The second-order valence-corrected chi connectivity index (χ2v) is 4.76. The molecule has 20 heavy (non-hydrogen) atoms. The summed E-state index contributed by atoms with van der Waals surface area (Å²) >= 11 is 0. The third-order valence-electron chi connectivity index (χ3n) is 2.61. The van der Waals surface area contributed by atoms with Crippen LogP contribution in [0.5, 0.6) is 0 Å². The third-order valence-corrected chi connectivity index (χ3v) is 2.61. The van der Waals surface area contributed by atoms with E-state index in [2.05, 4.69) is 13.5 Å². The van der Waals surface area contributed by atoms with Gasteiger partial charge < -0.3 is 15.3 Å². The predicted octanol–water partition coefficient (Wildman–Crippen LogP) is 4.06. The second-order valence-electron chi connectivity index (χ2n) is 4.76. The van der Waals surface area contributed by atoms with Crippen molar-refractivity contribution in [2.24, 2.45) is 0 Å². The molecule has 0 rings (SSSR count). The van der Waals surface area contributed by atoms with Crippen LogP contribution < -0.4 is 0 Å². The number of unbranched alkanes of at least 4 members (excludes halogenated alkanes) is 9. The van der Waals surface area contributed by atoms with Gasteiger partial charge in [-0.25, -0.2) is 0 Å². The molecule has 3 heteroatoms. The van der Waals surface area contributed by atoms with Crippen LogP contribution >= 0.6 is 0 Å². The van der Waals surface area contributed by atoms with Crippen molar-refractivity contribution >= 4 is 0 Å². The second kappa shape index (κ2) is 31.2. The minimum absolute atomic E-state index is 0.125. The molecule has 0 saturated heterocycles. The molecule has 0 saturated carbocycles. The van der Waals surface area contributed by atoms with Crippen molar-refractivity contribution in [3.05, 3.63) is 12.7 Å². The van der Waals surface area contributed by atoms with Gasteiger partial charge in [0.05, 0.1) is 13.2 Å². The number of hydrogen-bond acceptors (Lipinski definition) is 3. The maximum atomic E-state index is 8.57. The molecule has 0 aliphatic heterocycles. The molecule has 0 fully saturated rings. The van der Waals surface area contributed by atoms with Crippen molar-refractivity contribution in [2.45, 2.75) is 78.1 Å². The van der Waals surface area contributed by atoms with E-state index in [9.17, 15) is 0 Å². The van der Waals surface area contributed by atoms with Crippen LogP contribution in [0.3, 0.4) is 0 Å². The van der Waals surface area contributed by atoms with Crippen molar-refractivity contribution in [3.63, 3.8) is 0 Å².